The van der Waals surface area contributed by atoms with Crippen molar-refractivity contribution in [1.82, 2.24) is 10.2 Å². The van der Waals surface area contributed by atoms with Gasteiger partial charge >= 0.3 is 0 Å². The van der Waals surface area contributed by atoms with Crippen LogP contribution in [0.1, 0.15) is 6.92 Å². The fourth-order valence-corrected chi connectivity index (χ4v) is 1.99. The summed E-state index contributed by atoms with van der Waals surface area (Å²) in [5, 5.41) is 3.21. The summed E-state index contributed by atoms with van der Waals surface area (Å²) in [6, 6.07) is 7.41. The Kier molecular flexibility index (Phi) is 7.18. The monoisotopic (exact) mass is 300 g/mol. The molecule has 0 spiro atoms. The van der Waals surface area contributed by atoms with Crippen LogP contribution in [0.2, 0.25) is 0 Å². The van der Waals surface area contributed by atoms with Gasteiger partial charge in [0.1, 0.15) is 0 Å². The molecule has 0 unspecified atom stereocenters. The maximum atomic E-state index is 12.0. The molecule has 1 amide bonds. The molecule has 1 N–H and O–H groups in total. The van der Waals surface area contributed by atoms with Crippen molar-refractivity contribution in [2.45, 2.75) is 6.92 Å². The van der Waals surface area contributed by atoms with Crippen LogP contribution in [0.5, 0.6) is 11.5 Å². The van der Waals surface area contributed by atoms with E-state index in [1.165, 1.54) is 0 Å². The largest absolute Gasteiger partial charge is 0.490 e. The van der Waals surface area contributed by atoms with Crippen LogP contribution in [0.15, 0.2) is 24.3 Å². The Labute approximate surface area is 125 Å². The molecule has 0 bridgehead atoms. The Hall–Kier alpha value is -1.46. The molecule has 1 aliphatic rings. The Morgan fingerprint density at radius 1 is 1.20 bits per heavy atom. The number of hydrogen-bond donors (Lipinski definition) is 1. The number of rotatable bonds is 5. The normalized spacial score (nSPS) is 14.3. The molecule has 20 heavy (non-hydrogen) atoms. The zero-order valence-corrected chi connectivity index (χ0v) is 12.4. The van der Waals surface area contributed by atoms with Crippen molar-refractivity contribution in [3.63, 3.8) is 0 Å². The summed E-state index contributed by atoms with van der Waals surface area (Å²) in [4.78, 5) is 13.8. The van der Waals surface area contributed by atoms with Crippen molar-refractivity contribution in [1.29, 1.82) is 0 Å². The lowest BCUT2D eigenvalue weighted by Crippen LogP contribution is -2.47. The van der Waals surface area contributed by atoms with Crippen LogP contribution in [0.25, 0.3) is 0 Å². The van der Waals surface area contributed by atoms with Gasteiger partial charge in [0.2, 0.25) is 0 Å². The first-order valence-corrected chi connectivity index (χ1v) is 6.64. The second kappa shape index (κ2) is 8.66. The summed E-state index contributed by atoms with van der Waals surface area (Å²) in [6.07, 6.45) is 0. The average molecular weight is 301 g/mol. The number of para-hydroxylation sites is 2. The van der Waals surface area contributed by atoms with E-state index in [2.05, 4.69) is 5.32 Å². The SMILES string of the molecule is CCOc1ccccc1OCC(=O)N1CCNCC1.Cl. The van der Waals surface area contributed by atoms with Crippen molar-refractivity contribution in [3.05, 3.63) is 24.3 Å². The van der Waals surface area contributed by atoms with Gasteiger partial charge in [-0.25, -0.2) is 0 Å². The van der Waals surface area contributed by atoms with Crippen LogP contribution < -0.4 is 14.8 Å². The predicted octanol–water partition coefficient (Wildman–Crippen LogP) is 1.32. The number of hydrogen-bond acceptors (Lipinski definition) is 4. The van der Waals surface area contributed by atoms with Gasteiger partial charge in [0.25, 0.3) is 5.91 Å². The first-order valence-electron chi connectivity index (χ1n) is 6.64. The molecule has 1 fully saturated rings. The maximum Gasteiger partial charge on any atom is 0.260 e. The molecular weight excluding hydrogens is 280 g/mol. The van der Waals surface area contributed by atoms with Crippen molar-refractivity contribution in [3.8, 4) is 11.5 Å². The van der Waals surface area contributed by atoms with E-state index in [1.807, 2.05) is 36.1 Å². The van der Waals surface area contributed by atoms with Gasteiger partial charge in [-0.2, -0.15) is 0 Å². The van der Waals surface area contributed by atoms with E-state index in [1.54, 1.807) is 0 Å². The molecule has 2 rings (SSSR count). The molecule has 0 aliphatic carbocycles. The zero-order chi connectivity index (χ0) is 13.5. The zero-order valence-electron chi connectivity index (χ0n) is 11.6. The number of carbonyl (C=O) groups excluding carboxylic acids is 1. The van der Waals surface area contributed by atoms with Gasteiger partial charge in [0, 0.05) is 26.2 Å². The fraction of sp³-hybridized carbons (Fsp3) is 0.500. The highest BCUT2D eigenvalue weighted by Gasteiger charge is 2.17. The molecule has 1 saturated heterocycles. The number of halogens is 1. The molecule has 0 aromatic heterocycles. The second-order valence-corrected chi connectivity index (χ2v) is 4.30. The summed E-state index contributed by atoms with van der Waals surface area (Å²) in [6.45, 7) is 5.74. The standard InChI is InChI=1S/C14H20N2O3.ClH/c1-2-18-12-5-3-4-6-13(12)19-11-14(17)16-9-7-15-8-10-16;/h3-6,15H,2,7-11H2,1H3;1H. The number of ether oxygens (including phenoxy) is 2. The number of benzene rings is 1. The quantitative estimate of drug-likeness (QED) is 0.891. The van der Waals surface area contributed by atoms with E-state index in [9.17, 15) is 4.79 Å². The molecule has 5 nitrogen and oxygen atoms in total. The van der Waals surface area contributed by atoms with Gasteiger partial charge in [-0.1, -0.05) is 12.1 Å². The van der Waals surface area contributed by atoms with E-state index < -0.39 is 0 Å². The molecule has 112 valence electrons. The summed E-state index contributed by atoms with van der Waals surface area (Å²) < 4.78 is 11.0. The van der Waals surface area contributed by atoms with Crippen molar-refractivity contribution >= 4 is 18.3 Å². The minimum Gasteiger partial charge on any atom is -0.490 e. The molecule has 1 heterocycles. The number of carbonyl (C=O) groups is 1. The van der Waals surface area contributed by atoms with E-state index >= 15 is 0 Å². The fourth-order valence-electron chi connectivity index (χ4n) is 1.99. The molecule has 0 atom stereocenters. The average Bonchev–Trinajstić information content (AvgIpc) is 2.47. The van der Waals surface area contributed by atoms with Crippen LogP contribution in [0.3, 0.4) is 0 Å². The first kappa shape index (κ1) is 16.6. The summed E-state index contributed by atoms with van der Waals surface area (Å²) >= 11 is 0. The maximum absolute atomic E-state index is 12.0. The van der Waals surface area contributed by atoms with Gasteiger partial charge in [-0.3, -0.25) is 4.79 Å². The second-order valence-electron chi connectivity index (χ2n) is 4.30. The molecule has 0 saturated carbocycles. The summed E-state index contributed by atoms with van der Waals surface area (Å²) in [5.74, 6) is 1.32. The topological polar surface area (TPSA) is 50.8 Å². The van der Waals surface area contributed by atoms with Crippen LogP contribution in [-0.2, 0) is 4.79 Å². The highest BCUT2D eigenvalue weighted by atomic mass is 35.5. The Morgan fingerprint density at radius 3 is 2.40 bits per heavy atom. The highest BCUT2D eigenvalue weighted by Crippen LogP contribution is 2.26. The molecule has 6 heteroatoms. The van der Waals surface area contributed by atoms with Crippen molar-refractivity contribution in [2.24, 2.45) is 0 Å². The molecule has 0 radical (unpaired) electrons. The van der Waals surface area contributed by atoms with Crippen LogP contribution >= 0.6 is 12.4 Å². The lowest BCUT2D eigenvalue weighted by molar-refractivity contribution is -0.133. The van der Waals surface area contributed by atoms with E-state index in [0.29, 0.717) is 18.1 Å². The van der Waals surface area contributed by atoms with Crippen molar-refractivity contribution < 1.29 is 14.3 Å². The Morgan fingerprint density at radius 2 is 1.80 bits per heavy atom. The Bertz CT molecular complexity index is 423. The van der Waals surface area contributed by atoms with Gasteiger partial charge in [0.05, 0.1) is 6.61 Å². The minimum atomic E-state index is 0. The van der Waals surface area contributed by atoms with E-state index in [4.69, 9.17) is 9.47 Å². The molecule has 1 aromatic rings. The third-order valence-electron chi connectivity index (χ3n) is 2.97. The minimum absolute atomic E-state index is 0. The predicted molar refractivity (Wildman–Crippen MR) is 79.8 cm³/mol. The number of amides is 1. The summed E-state index contributed by atoms with van der Waals surface area (Å²) in [5.41, 5.74) is 0. The molecule has 1 aliphatic heterocycles. The van der Waals surface area contributed by atoms with E-state index in [0.717, 1.165) is 26.2 Å². The molecular formula is C14H21ClN2O3. The van der Waals surface area contributed by atoms with Gasteiger partial charge in [0.15, 0.2) is 18.1 Å². The van der Waals surface area contributed by atoms with Crippen LogP contribution in [0, 0.1) is 0 Å². The van der Waals surface area contributed by atoms with Gasteiger partial charge < -0.3 is 19.7 Å². The van der Waals surface area contributed by atoms with Crippen LogP contribution in [0.4, 0.5) is 0 Å². The molecule has 1 aromatic carbocycles. The Balaban J connectivity index is 0.00000200. The van der Waals surface area contributed by atoms with Gasteiger partial charge in [-0.15, -0.1) is 12.4 Å². The van der Waals surface area contributed by atoms with Crippen LogP contribution in [-0.4, -0.2) is 50.2 Å². The number of nitrogens with zero attached hydrogens (tertiary/aromatic N) is 1. The number of nitrogens with one attached hydrogen (secondary N) is 1. The summed E-state index contributed by atoms with van der Waals surface area (Å²) in [7, 11) is 0. The van der Waals surface area contributed by atoms with Crippen molar-refractivity contribution in [2.75, 3.05) is 39.4 Å². The third kappa shape index (κ3) is 4.58. The number of piperazine rings is 1. The third-order valence-corrected chi connectivity index (χ3v) is 2.97. The lowest BCUT2D eigenvalue weighted by Gasteiger charge is -2.27. The smallest absolute Gasteiger partial charge is 0.260 e. The van der Waals surface area contributed by atoms with E-state index in [-0.39, 0.29) is 24.9 Å². The first-order chi connectivity index (χ1) is 9.31. The highest BCUT2D eigenvalue weighted by molar-refractivity contribution is 5.85. The van der Waals surface area contributed by atoms with Gasteiger partial charge in [-0.05, 0) is 19.1 Å². The lowest BCUT2D eigenvalue weighted by atomic mass is 10.3.